The van der Waals surface area contributed by atoms with Gasteiger partial charge in [-0.15, -0.1) is 17.0 Å². The molecule has 2 aromatic rings. The third kappa shape index (κ3) is 1.74. The molecule has 0 unspecified atom stereocenters. The SMILES string of the molecule is Br.Cc1c(C)c(N)c2ccccc2c1C. The minimum atomic E-state index is 0. The molecule has 0 radical (unpaired) electrons. The number of hydrogen-bond acceptors (Lipinski definition) is 1. The number of hydrogen-bond donors (Lipinski definition) is 1. The molecule has 0 spiro atoms. The van der Waals surface area contributed by atoms with Crippen LogP contribution in [-0.2, 0) is 0 Å². The fraction of sp³-hybridized carbons (Fsp3) is 0.231. The van der Waals surface area contributed by atoms with Crippen LogP contribution in [0.1, 0.15) is 16.7 Å². The highest BCUT2D eigenvalue weighted by molar-refractivity contribution is 8.93. The van der Waals surface area contributed by atoms with Crippen LogP contribution < -0.4 is 5.73 Å². The first-order chi connectivity index (χ1) is 6.63. The van der Waals surface area contributed by atoms with E-state index < -0.39 is 0 Å². The van der Waals surface area contributed by atoms with Crippen molar-refractivity contribution in [3.63, 3.8) is 0 Å². The molecule has 0 aliphatic rings. The Labute approximate surface area is 101 Å². The zero-order valence-electron chi connectivity index (χ0n) is 9.29. The maximum Gasteiger partial charge on any atom is 0.0426 e. The molecule has 15 heavy (non-hydrogen) atoms. The largest absolute Gasteiger partial charge is 0.398 e. The van der Waals surface area contributed by atoms with Gasteiger partial charge in [0.25, 0.3) is 0 Å². The van der Waals surface area contributed by atoms with Crippen molar-refractivity contribution in [1.82, 2.24) is 0 Å². The lowest BCUT2D eigenvalue weighted by atomic mass is 9.95. The van der Waals surface area contributed by atoms with Crippen molar-refractivity contribution in [3.8, 4) is 0 Å². The topological polar surface area (TPSA) is 26.0 Å². The lowest BCUT2D eigenvalue weighted by Gasteiger charge is -2.13. The first kappa shape index (κ1) is 12.1. The van der Waals surface area contributed by atoms with E-state index in [1.54, 1.807) is 0 Å². The minimum absolute atomic E-state index is 0. The molecule has 0 aromatic heterocycles. The van der Waals surface area contributed by atoms with Gasteiger partial charge in [0.05, 0.1) is 0 Å². The molecule has 2 aromatic carbocycles. The van der Waals surface area contributed by atoms with Crippen molar-refractivity contribution in [2.45, 2.75) is 20.8 Å². The first-order valence-electron chi connectivity index (χ1n) is 4.87. The summed E-state index contributed by atoms with van der Waals surface area (Å²) in [4.78, 5) is 0. The van der Waals surface area contributed by atoms with Gasteiger partial charge in [-0.1, -0.05) is 24.3 Å². The van der Waals surface area contributed by atoms with E-state index in [0.29, 0.717) is 0 Å². The second kappa shape index (κ2) is 4.23. The van der Waals surface area contributed by atoms with E-state index >= 15 is 0 Å². The molecule has 0 heterocycles. The second-order valence-corrected chi connectivity index (χ2v) is 3.83. The molecule has 0 amide bonds. The molecular weight excluding hydrogens is 250 g/mol. The fourth-order valence-electron chi connectivity index (χ4n) is 1.93. The van der Waals surface area contributed by atoms with E-state index in [-0.39, 0.29) is 17.0 Å². The third-order valence-corrected chi connectivity index (χ3v) is 3.15. The van der Waals surface area contributed by atoms with E-state index in [1.807, 2.05) is 6.07 Å². The van der Waals surface area contributed by atoms with Crippen molar-refractivity contribution < 1.29 is 0 Å². The monoisotopic (exact) mass is 265 g/mol. The normalized spacial score (nSPS) is 10.1. The van der Waals surface area contributed by atoms with E-state index in [0.717, 1.165) is 5.69 Å². The number of halogens is 1. The van der Waals surface area contributed by atoms with Gasteiger partial charge in [0.1, 0.15) is 0 Å². The predicted octanol–water partition coefficient (Wildman–Crippen LogP) is 3.93. The number of fused-ring (bicyclic) bond motifs is 1. The fourth-order valence-corrected chi connectivity index (χ4v) is 1.93. The Morgan fingerprint density at radius 2 is 1.33 bits per heavy atom. The Hall–Kier alpha value is -1.02. The van der Waals surface area contributed by atoms with Crippen LogP contribution in [0, 0.1) is 20.8 Å². The van der Waals surface area contributed by atoms with Crippen molar-refractivity contribution in [2.75, 3.05) is 5.73 Å². The summed E-state index contributed by atoms with van der Waals surface area (Å²) in [5, 5.41) is 2.45. The highest BCUT2D eigenvalue weighted by atomic mass is 79.9. The number of rotatable bonds is 0. The van der Waals surface area contributed by atoms with Crippen LogP contribution in [0.3, 0.4) is 0 Å². The standard InChI is InChI=1S/C13H15N.BrH/c1-8-9(2)11-6-4-5-7-12(11)13(14)10(8)3;/h4-7H,14H2,1-3H3;1H. The molecule has 2 heteroatoms. The quantitative estimate of drug-likeness (QED) is 0.718. The molecule has 2 rings (SSSR count). The molecule has 80 valence electrons. The van der Waals surface area contributed by atoms with Gasteiger partial charge in [-0.3, -0.25) is 0 Å². The summed E-state index contributed by atoms with van der Waals surface area (Å²) in [6, 6.07) is 8.31. The van der Waals surface area contributed by atoms with Gasteiger partial charge in [-0.25, -0.2) is 0 Å². The molecule has 1 nitrogen and oxygen atoms in total. The molecule has 0 aliphatic carbocycles. The van der Waals surface area contributed by atoms with Gasteiger partial charge in [0, 0.05) is 11.1 Å². The van der Waals surface area contributed by atoms with Crippen LogP contribution in [0.5, 0.6) is 0 Å². The Morgan fingerprint density at radius 1 is 0.800 bits per heavy atom. The Morgan fingerprint density at radius 3 is 1.93 bits per heavy atom. The van der Waals surface area contributed by atoms with Crippen LogP contribution in [0.2, 0.25) is 0 Å². The van der Waals surface area contributed by atoms with Crippen molar-refractivity contribution >= 4 is 33.4 Å². The number of anilines is 1. The summed E-state index contributed by atoms with van der Waals surface area (Å²) < 4.78 is 0. The van der Waals surface area contributed by atoms with Gasteiger partial charge in [-0.05, 0) is 42.8 Å². The Balaban J connectivity index is 0.00000112. The van der Waals surface area contributed by atoms with E-state index in [1.165, 1.54) is 27.5 Å². The van der Waals surface area contributed by atoms with Gasteiger partial charge in [0.2, 0.25) is 0 Å². The number of nitrogens with two attached hydrogens (primary N) is 1. The number of benzene rings is 2. The molecule has 0 saturated carbocycles. The lowest BCUT2D eigenvalue weighted by Crippen LogP contribution is -1.97. The molecule has 2 N–H and O–H groups in total. The lowest BCUT2D eigenvalue weighted by molar-refractivity contribution is 1.30. The maximum absolute atomic E-state index is 6.09. The zero-order valence-corrected chi connectivity index (χ0v) is 11.0. The summed E-state index contributed by atoms with van der Waals surface area (Å²) in [7, 11) is 0. The maximum atomic E-state index is 6.09. The molecular formula is C13H16BrN. The van der Waals surface area contributed by atoms with Crippen LogP contribution in [0.25, 0.3) is 10.8 Å². The summed E-state index contributed by atoms with van der Waals surface area (Å²) in [5.74, 6) is 0. The Bertz CT molecular complexity index is 457. The number of aryl methyl sites for hydroxylation is 1. The van der Waals surface area contributed by atoms with Crippen molar-refractivity contribution in [2.24, 2.45) is 0 Å². The van der Waals surface area contributed by atoms with Gasteiger partial charge < -0.3 is 5.73 Å². The third-order valence-electron chi connectivity index (χ3n) is 3.15. The first-order valence-corrected chi connectivity index (χ1v) is 4.87. The van der Waals surface area contributed by atoms with Gasteiger partial charge >= 0.3 is 0 Å². The number of nitrogen functional groups attached to an aromatic ring is 1. The average molecular weight is 266 g/mol. The van der Waals surface area contributed by atoms with E-state index in [4.69, 9.17) is 5.73 Å². The molecule has 0 saturated heterocycles. The predicted molar refractivity (Wildman–Crippen MR) is 72.9 cm³/mol. The van der Waals surface area contributed by atoms with E-state index in [2.05, 4.69) is 39.0 Å². The molecule has 0 aliphatic heterocycles. The second-order valence-electron chi connectivity index (χ2n) is 3.83. The average Bonchev–Trinajstić information content (AvgIpc) is 2.23. The van der Waals surface area contributed by atoms with Crippen LogP contribution in [0.15, 0.2) is 24.3 Å². The summed E-state index contributed by atoms with van der Waals surface area (Å²) in [6.45, 7) is 6.38. The van der Waals surface area contributed by atoms with Crippen molar-refractivity contribution in [3.05, 3.63) is 41.0 Å². The minimum Gasteiger partial charge on any atom is -0.398 e. The smallest absolute Gasteiger partial charge is 0.0426 e. The highest BCUT2D eigenvalue weighted by Gasteiger charge is 2.07. The molecule has 0 fully saturated rings. The van der Waals surface area contributed by atoms with Crippen molar-refractivity contribution in [1.29, 1.82) is 0 Å². The highest BCUT2D eigenvalue weighted by Crippen LogP contribution is 2.30. The molecule has 0 bridgehead atoms. The van der Waals surface area contributed by atoms with Crippen LogP contribution in [-0.4, -0.2) is 0 Å². The summed E-state index contributed by atoms with van der Waals surface area (Å²) >= 11 is 0. The van der Waals surface area contributed by atoms with Gasteiger partial charge in [0.15, 0.2) is 0 Å². The van der Waals surface area contributed by atoms with E-state index in [9.17, 15) is 0 Å². The summed E-state index contributed by atoms with van der Waals surface area (Å²) in [6.07, 6.45) is 0. The zero-order chi connectivity index (χ0) is 10.3. The Kier molecular flexibility index (Phi) is 3.40. The van der Waals surface area contributed by atoms with Crippen LogP contribution >= 0.6 is 17.0 Å². The van der Waals surface area contributed by atoms with Gasteiger partial charge in [-0.2, -0.15) is 0 Å². The van der Waals surface area contributed by atoms with Crippen LogP contribution in [0.4, 0.5) is 5.69 Å². The molecule has 0 atom stereocenters. The summed E-state index contributed by atoms with van der Waals surface area (Å²) in [5.41, 5.74) is 10.9.